The number of sulfonamides is 1. The zero-order chi connectivity index (χ0) is 24.5. The molecule has 2 heterocycles. The second kappa shape index (κ2) is 9.81. The maximum absolute atomic E-state index is 13.0. The maximum Gasteiger partial charge on any atom is 0.325 e. The van der Waals surface area contributed by atoms with Crippen molar-refractivity contribution in [3.8, 4) is 0 Å². The number of piperidine rings is 1. The van der Waals surface area contributed by atoms with E-state index in [1.54, 1.807) is 4.57 Å². The van der Waals surface area contributed by atoms with Crippen LogP contribution in [0.1, 0.15) is 42.1 Å². The SMILES string of the molecule is COC(=O)Cn1c(=NC(=O)c2ccc(S(=O)(=O)N3CCCCC3C)cc2)sc2cccc(C)c21. The summed E-state index contributed by atoms with van der Waals surface area (Å²) >= 11 is 1.31. The van der Waals surface area contributed by atoms with Gasteiger partial charge in [-0.2, -0.15) is 9.30 Å². The van der Waals surface area contributed by atoms with Crippen molar-refractivity contribution in [2.45, 2.75) is 50.6 Å². The molecule has 1 unspecified atom stereocenters. The number of thiazole rings is 1. The molecule has 4 rings (SSSR count). The van der Waals surface area contributed by atoms with E-state index in [0.717, 1.165) is 35.0 Å². The first kappa shape index (κ1) is 24.3. The molecule has 0 spiro atoms. The Bertz CT molecular complexity index is 1400. The van der Waals surface area contributed by atoms with Gasteiger partial charge in [-0.25, -0.2) is 8.42 Å². The largest absolute Gasteiger partial charge is 0.468 e. The van der Waals surface area contributed by atoms with Gasteiger partial charge >= 0.3 is 5.97 Å². The third-order valence-electron chi connectivity index (χ3n) is 6.06. The van der Waals surface area contributed by atoms with E-state index >= 15 is 0 Å². The molecule has 1 aliphatic heterocycles. The van der Waals surface area contributed by atoms with E-state index in [1.807, 2.05) is 32.0 Å². The van der Waals surface area contributed by atoms with Gasteiger partial charge < -0.3 is 9.30 Å². The van der Waals surface area contributed by atoms with Crippen LogP contribution in [0.5, 0.6) is 0 Å². The molecule has 0 N–H and O–H groups in total. The number of carbonyl (C=O) groups is 2. The first-order valence-corrected chi connectivity index (χ1v) is 13.3. The van der Waals surface area contributed by atoms with Crippen molar-refractivity contribution in [2.75, 3.05) is 13.7 Å². The molecule has 10 heteroatoms. The molecular formula is C24H27N3O5S2. The number of esters is 1. The van der Waals surface area contributed by atoms with Crippen molar-refractivity contribution in [3.05, 3.63) is 58.4 Å². The second-order valence-electron chi connectivity index (χ2n) is 8.37. The van der Waals surface area contributed by atoms with Gasteiger partial charge in [0, 0.05) is 18.2 Å². The van der Waals surface area contributed by atoms with Gasteiger partial charge in [0.1, 0.15) is 6.54 Å². The van der Waals surface area contributed by atoms with Crippen LogP contribution in [0.25, 0.3) is 10.2 Å². The van der Waals surface area contributed by atoms with Crippen molar-refractivity contribution in [2.24, 2.45) is 4.99 Å². The van der Waals surface area contributed by atoms with E-state index in [-0.39, 0.29) is 23.0 Å². The molecule has 0 bridgehead atoms. The van der Waals surface area contributed by atoms with Crippen LogP contribution in [0.2, 0.25) is 0 Å². The Morgan fingerprint density at radius 2 is 1.88 bits per heavy atom. The Morgan fingerprint density at radius 1 is 1.15 bits per heavy atom. The summed E-state index contributed by atoms with van der Waals surface area (Å²) in [5.74, 6) is -0.962. The van der Waals surface area contributed by atoms with Crippen LogP contribution in [-0.2, 0) is 26.1 Å². The lowest BCUT2D eigenvalue weighted by Gasteiger charge is -2.32. The van der Waals surface area contributed by atoms with E-state index in [0.29, 0.717) is 11.3 Å². The van der Waals surface area contributed by atoms with Crippen LogP contribution in [0.15, 0.2) is 52.4 Å². The van der Waals surface area contributed by atoms with Crippen LogP contribution < -0.4 is 4.80 Å². The molecule has 1 atom stereocenters. The summed E-state index contributed by atoms with van der Waals surface area (Å²) in [7, 11) is -2.31. The molecule has 0 radical (unpaired) electrons. The smallest absolute Gasteiger partial charge is 0.325 e. The molecule has 0 aliphatic carbocycles. The Labute approximate surface area is 202 Å². The number of rotatable bonds is 5. The molecule has 2 aromatic carbocycles. The molecule has 0 saturated carbocycles. The van der Waals surface area contributed by atoms with Gasteiger partial charge in [0.2, 0.25) is 10.0 Å². The number of amides is 1. The monoisotopic (exact) mass is 501 g/mol. The molecule has 1 aliphatic rings. The van der Waals surface area contributed by atoms with Crippen LogP contribution >= 0.6 is 11.3 Å². The minimum Gasteiger partial charge on any atom is -0.468 e. The van der Waals surface area contributed by atoms with Crippen molar-refractivity contribution in [3.63, 3.8) is 0 Å². The summed E-state index contributed by atoms with van der Waals surface area (Å²) in [4.78, 5) is 29.8. The first-order chi connectivity index (χ1) is 16.2. The highest BCUT2D eigenvalue weighted by atomic mass is 32.2. The van der Waals surface area contributed by atoms with Crippen molar-refractivity contribution >= 4 is 43.5 Å². The number of fused-ring (bicyclic) bond motifs is 1. The van der Waals surface area contributed by atoms with Crippen LogP contribution in [0.4, 0.5) is 0 Å². The number of methoxy groups -OCH3 is 1. The van der Waals surface area contributed by atoms with E-state index in [2.05, 4.69) is 4.99 Å². The average Bonchev–Trinajstić information content (AvgIpc) is 3.17. The van der Waals surface area contributed by atoms with E-state index < -0.39 is 21.9 Å². The molecule has 1 fully saturated rings. The highest BCUT2D eigenvalue weighted by molar-refractivity contribution is 7.89. The third-order valence-corrected chi connectivity index (χ3v) is 9.14. The molecule has 180 valence electrons. The molecule has 1 aromatic heterocycles. The van der Waals surface area contributed by atoms with Crippen molar-refractivity contribution in [1.29, 1.82) is 0 Å². The number of hydrogen-bond donors (Lipinski definition) is 0. The Balaban J connectivity index is 1.68. The second-order valence-corrected chi connectivity index (χ2v) is 11.3. The quantitative estimate of drug-likeness (QED) is 0.499. The number of benzene rings is 2. The highest BCUT2D eigenvalue weighted by Gasteiger charge is 2.31. The lowest BCUT2D eigenvalue weighted by molar-refractivity contribution is -0.141. The molecule has 34 heavy (non-hydrogen) atoms. The molecule has 8 nitrogen and oxygen atoms in total. The number of carbonyl (C=O) groups excluding carboxylic acids is 2. The zero-order valence-electron chi connectivity index (χ0n) is 19.4. The lowest BCUT2D eigenvalue weighted by atomic mass is 10.1. The van der Waals surface area contributed by atoms with Crippen molar-refractivity contribution < 1.29 is 22.7 Å². The summed E-state index contributed by atoms with van der Waals surface area (Å²) in [6, 6.07) is 11.6. The fourth-order valence-corrected chi connectivity index (χ4v) is 7.02. The zero-order valence-corrected chi connectivity index (χ0v) is 21.0. The van der Waals surface area contributed by atoms with E-state index in [4.69, 9.17) is 4.74 Å². The van der Waals surface area contributed by atoms with Crippen LogP contribution in [0.3, 0.4) is 0 Å². The summed E-state index contributed by atoms with van der Waals surface area (Å²) in [5, 5.41) is 0. The molecule has 1 saturated heterocycles. The van der Waals surface area contributed by atoms with Crippen LogP contribution in [-0.4, -0.2) is 48.9 Å². The average molecular weight is 502 g/mol. The van der Waals surface area contributed by atoms with Gasteiger partial charge in [0.05, 0.1) is 22.2 Å². The van der Waals surface area contributed by atoms with Crippen molar-refractivity contribution in [1.82, 2.24) is 8.87 Å². The first-order valence-electron chi connectivity index (χ1n) is 11.1. The van der Waals surface area contributed by atoms with E-state index in [1.165, 1.54) is 47.0 Å². The Morgan fingerprint density at radius 3 is 2.56 bits per heavy atom. The predicted molar refractivity (Wildman–Crippen MR) is 130 cm³/mol. The number of para-hydroxylation sites is 1. The number of nitrogens with zero attached hydrogens (tertiary/aromatic N) is 3. The molecule has 1 amide bonds. The maximum atomic E-state index is 13.0. The predicted octanol–water partition coefficient (Wildman–Crippen LogP) is 3.49. The summed E-state index contributed by atoms with van der Waals surface area (Å²) in [6.07, 6.45) is 2.71. The summed E-state index contributed by atoms with van der Waals surface area (Å²) in [5.41, 5.74) is 2.04. The number of aryl methyl sites for hydroxylation is 1. The molecule has 3 aromatic rings. The lowest BCUT2D eigenvalue weighted by Crippen LogP contribution is -2.41. The van der Waals surface area contributed by atoms with Gasteiger partial charge in [0.15, 0.2) is 4.80 Å². The highest BCUT2D eigenvalue weighted by Crippen LogP contribution is 2.25. The number of hydrogen-bond acceptors (Lipinski definition) is 6. The number of aromatic nitrogens is 1. The fraction of sp³-hybridized carbons (Fsp3) is 0.375. The summed E-state index contributed by atoms with van der Waals surface area (Å²) < 4.78 is 35.0. The Hall–Kier alpha value is -2.82. The standard InChI is InChI=1S/C24H27N3O5S2/c1-16-7-6-9-20-22(16)26(15-21(28)32-3)24(33-20)25-23(29)18-10-12-19(13-11-18)34(30,31)27-14-5-4-8-17(27)2/h6-7,9-13,17H,4-5,8,14-15H2,1-3H3. The third kappa shape index (κ3) is 4.70. The van der Waals surface area contributed by atoms with Crippen LogP contribution in [0, 0.1) is 6.92 Å². The van der Waals surface area contributed by atoms with Gasteiger partial charge in [-0.05, 0) is 62.6 Å². The van der Waals surface area contributed by atoms with Gasteiger partial charge in [-0.1, -0.05) is 29.9 Å². The van der Waals surface area contributed by atoms with Gasteiger partial charge in [0.25, 0.3) is 5.91 Å². The van der Waals surface area contributed by atoms with E-state index in [9.17, 15) is 18.0 Å². The summed E-state index contributed by atoms with van der Waals surface area (Å²) in [6.45, 7) is 4.28. The fourth-order valence-electron chi connectivity index (χ4n) is 4.22. The van der Waals surface area contributed by atoms with Gasteiger partial charge in [-0.3, -0.25) is 9.59 Å². The topological polar surface area (TPSA) is 98.0 Å². The Kier molecular flexibility index (Phi) is 7.01. The molecular weight excluding hydrogens is 474 g/mol. The normalized spacial score (nSPS) is 17.7. The number of ether oxygens (including phenoxy) is 1. The minimum absolute atomic E-state index is 0.0447. The minimum atomic E-state index is -3.62. The van der Waals surface area contributed by atoms with Gasteiger partial charge in [-0.15, -0.1) is 0 Å².